The Hall–Kier alpha value is -4.57. The average molecular weight is 571 g/mol. The molecule has 4 heteroatoms. The first kappa shape index (κ1) is 28.5. The van der Waals surface area contributed by atoms with E-state index in [1.165, 1.54) is 11.1 Å². The smallest absolute Gasteiger partial charge is 0.146 e. The number of fused-ring (bicyclic) bond motifs is 3. The van der Waals surface area contributed by atoms with Gasteiger partial charge in [-0.3, -0.25) is 0 Å². The summed E-state index contributed by atoms with van der Waals surface area (Å²) in [5.41, 5.74) is 9.19. The van der Waals surface area contributed by atoms with Gasteiger partial charge in [-0.15, -0.1) is 0 Å². The van der Waals surface area contributed by atoms with Gasteiger partial charge in [-0.05, 0) is 83.0 Å². The summed E-state index contributed by atoms with van der Waals surface area (Å²) in [6, 6.07) is 35.0. The number of nitrogens with one attached hydrogen (secondary N) is 1. The van der Waals surface area contributed by atoms with Crippen molar-refractivity contribution < 1.29 is 8.81 Å². The predicted molar refractivity (Wildman–Crippen MR) is 180 cm³/mol. The molecule has 0 bridgehead atoms. The van der Waals surface area contributed by atoms with E-state index in [0.717, 1.165) is 50.3 Å². The van der Waals surface area contributed by atoms with E-state index in [2.05, 4.69) is 112 Å². The first-order valence-corrected chi connectivity index (χ1v) is 14.9. The van der Waals surface area contributed by atoms with Gasteiger partial charge in [0.1, 0.15) is 17.0 Å². The average Bonchev–Trinajstić information content (AvgIpc) is 3.33. The van der Waals surface area contributed by atoms with E-state index in [1.807, 2.05) is 37.3 Å². The summed E-state index contributed by atoms with van der Waals surface area (Å²) in [4.78, 5) is 2.28. The van der Waals surface area contributed by atoms with Crippen LogP contribution in [0.5, 0.6) is 0 Å². The van der Waals surface area contributed by atoms with Crippen LogP contribution in [0.15, 0.2) is 108 Å². The van der Waals surface area contributed by atoms with Gasteiger partial charge in [-0.2, -0.15) is 0 Å². The Morgan fingerprint density at radius 2 is 1.23 bits per heavy atom. The number of hydrogen-bond donors (Lipinski definition) is 1. The van der Waals surface area contributed by atoms with Gasteiger partial charge < -0.3 is 14.6 Å². The Kier molecular flexibility index (Phi) is 7.04. The fourth-order valence-electron chi connectivity index (χ4n) is 5.61. The second kappa shape index (κ2) is 10.6. The number of aryl methyl sites for hydroxylation is 1. The number of nitrogens with zero attached hydrogens (tertiary/aromatic N) is 1. The number of rotatable bonds is 5. The third kappa shape index (κ3) is 5.62. The number of furan rings is 1. The lowest BCUT2D eigenvalue weighted by Gasteiger charge is -2.29. The van der Waals surface area contributed by atoms with Gasteiger partial charge in [-0.1, -0.05) is 90.1 Å². The zero-order chi connectivity index (χ0) is 30.5. The van der Waals surface area contributed by atoms with E-state index in [9.17, 15) is 4.39 Å². The third-order valence-electron chi connectivity index (χ3n) is 8.09. The van der Waals surface area contributed by atoms with Crippen LogP contribution in [0.4, 0.5) is 32.8 Å². The van der Waals surface area contributed by atoms with Gasteiger partial charge in [-0.25, -0.2) is 4.39 Å². The van der Waals surface area contributed by atoms with Crippen molar-refractivity contribution in [2.45, 2.75) is 59.3 Å². The molecule has 0 saturated heterocycles. The van der Waals surface area contributed by atoms with Crippen molar-refractivity contribution >= 4 is 50.4 Å². The zero-order valence-electron chi connectivity index (χ0n) is 26.0. The molecule has 1 N–H and O–H groups in total. The topological polar surface area (TPSA) is 28.4 Å². The van der Waals surface area contributed by atoms with Crippen LogP contribution in [0.3, 0.4) is 0 Å². The molecule has 6 aromatic rings. The largest absolute Gasteiger partial charge is 0.456 e. The third-order valence-corrected chi connectivity index (χ3v) is 8.09. The van der Waals surface area contributed by atoms with Crippen molar-refractivity contribution in [3.05, 3.63) is 126 Å². The lowest BCUT2D eigenvalue weighted by Crippen LogP contribution is -2.14. The van der Waals surface area contributed by atoms with E-state index in [0.29, 0.717) is 5.69 Å². The highest BCUT2D eigenvalue weighted by Gasteiger charge is 2.23. The standard InChI is InChI=1S/C39H39FN2O/c1-25-12-21-33(32(40)22-25)41-28-23-34(37-31-10-8-9-11-35(31)43-36(37)24-28)42(29-17-13-26(14-18-29)38(2,3)4)30-19-15-27(16-20-30)39(5,6)7/h8-24,41H,1-7H3. The highest BCUT2D eigenvalue weighted by atomic mass is 19.1. The Morgan fingerprint density at radius 3 is 1.79 bits per heavy atom. The molecule has 0 amide bonds. The summed E-state index contributed by atoms with van der Waals surface area (Å²) < 4.78 is 21.4. The van der Waals surface area contributed by atoms with Crippen molar-refractivity contribution in [2.75, 3.05) is 10.2 Å². The first-order chi connectivity index (χ1) is 20.4. The molecule has 0 aliphatic carbocycles. The summed E-state index contributed by atoms with van der Waals surface area (Å²) >= 11 is 0. The first-order valence-electron chi connectivity index (χ1n) is 14.9. The SMILES string of the molecule is Cc1ccc(Nc2cc(N(c3ccc(C(C)(C)C)cc3)c3ccc(C(C)(C)C)cc3)c3c(c2)oc2ccccc23)c(F)c1. The van der Waals surface area contributed by atoms with Crippen LogP contribution in [0.1, 0.15) is 58.2 Å². The normalized spacial score (nSPS) is 12.2. The van der Waals surface area contributed by atoms with Gasteiger partial charge in [0, 0.05) is 28.5 Å². The zero-order valence-corrected chi connectivity index (χ0v) is 26.0. The number of anilines is 5. The summed E-state index contributed by atoms with van der Waals surface area (Å²) in [6.45, 7) is 15.3. The number of hydrogen-bond acceptors (Lipinski definition) is 3. The Labute approximate surface area is 254 Å². The Bertz CT molecular complexity index is 1860. The second-order valence-electron chi connectivity index (χ2n) is 13.5. The molecule has 43 heavy (non-hydrogen) atoms. The Balaban J connectivity index is 1.60. The number of para-hydroxylation sites is 1. The van der Waals surface area contributed by atoms with Crippen LogP contribution in [0.25, 0.3) is 21.9 Å². The highest BCUT2D eigenvalue weighted by Crippen LogP contribution is 2.45. The number of halogens is 1. The van der Waals surface area contributed by atoms with Gasteiger partial charge in [0.15, 0.2) is 0 Å². The fourth-order valence-corrected chi connectivity index (χ4v) is 5.61. The molecule has 0 atom stereocenters. The molecule has 5 aromatic carbocycles. The maximum atomic E-state index is 15.0. The fraction of sp³-hybridized carbons (Fsp3) is 0.231. The lowest BCUT2D eigenvalue weighted by molar-refractivity contribution is 0.590. The minimum Gasteiger partial charge on any atom is -0.456 e. The summed E-state index contributed by atoms with van der Waals surface area (Å²) in [5, 5.41) is 5.37. The van der Waals surface area contributed by atoms with E-state index < -0.39 is 0 Å². The molecule has 0 fully saturated rings. The molecule has 0 aliphatic heterocycles. The van der Waals surface area contributed by atoms with E-state index in [-0.39, 0.29) is 16.6 Å². The predicted octanol–water partition coefficient (Wildman–Crippen LogP) is 11.8. The summed E-state index contributed by atoms with van der Waals surface area (Å²) in [6.07, 6.45) is 0. The van der Waals surface area contributed by atoms with Gasteiger partial charge in [0.2, 0.25) is 0 Å². The highest BCUT2D eigenvalue weighted by molar-refractivity contribution is 6.14. The molecule has 3 nitrogen and oxygen atoms in total. The van der Waals surface area contributed by atoms with Crippen LogP contribution in [0, 0.1) is 12.7 Å². The maximum Gasteiger partial charge on any atom is 0.146 e. The molecule has 0 aliphatic rings. The van der Waals surface area contributed by atoms with Gasteiger partial charge >= 0.3 is 0 Å². The molecule has 218 valence electrons. The van der Waals surface area contributed by atoms with Crippen molar-refractivity contribution in [3.63, 3.8) is 0 Å². The van der Waals surface area contributed by atoms with Crippen LogP contribution in [-0.4, -0.2) is 0 Å². The van der Waals surface area contributed by atoms with Crippen LogP contribution < -0.4 is 10.2 Å². The summed E-state index contributed by atoms with van der Waals surface area (Å²) in [7, 11) is 0. The number of benzene rings is 5. The van der Waals surface area contributed by atoms with Crippen molar-refractivity contribution in [2.24, 2.45) is 0 Å². The van der Waals surface area contributed by atoms with Crippen molar-refractivity contribution in [1.82, 2.24) is 0 Å². The Morgan fingerprint density at radius 1 is 0.651 bits per heavy atom. The second-order valence-corrected chi connectivity index (χ2v) is 13.5. The lowest BCUT2D eigenvalue weighted by atomic mass is 9.86. The van der Waals surface area contributed by atoms with E-state index in [4.69, 9.17) is 4.42 Å². The van der Waals surface area contributed by atoms with Gasteiger partial charge in [0.05, 0.1) is 16.8 Å². The molecule has 1 heterocycles. The van der Waals surface area contributed by atoms with Crippen LogP contribution in [0.2, 0.25) is 0 Å². The quantitative estimate of drug-likeness (QED) is 0.223. The molecule has 1 aromatic heterocycles. The molecule has 0 saturated carbocycles. The molecule has 0 unspecified atom stereocenters. The minimum atomic E-state index is -0.293. The van der Waals surface area contributed by atoms with Crippen LogP contribution in [-0.2, 0) is 10.8 Å². The molecule has 0 spiro atoms. The molecular weight excluding hydrogens is 531 g/mol. The molecular formula is C39H39FN2O. The van der Waals surface area contributed by atoms with Crippen LogP contribution >= 0.6 is 0 Å². The van der Waals surface area contributed by atoms with Gasteiger partial charge in [0.25, 0.3) is 0 Å². The van der Waals surface area contributed by atoms with E-state index in [1.54, 1.807) is 12.1 Å². The summed E-state index contributed by atoms with van der Waals surface area (Å²) in [5.74, 6) is -0.293. The minimum absolute atomic E-state index is 0.0354. The van der Waals surface area contributed by atoms with E-state index >= 15 is 0 Å². The molecule has 0 radical (unpaired) electrons. The van der Waals surface area contributed by atoms with Crippen molar-refractivity contribution in [3.8, 4) is 0 Å². The molecule has 6 rings (SSSR count). The van der Waals surface area contributed by atoms with Crippen molar-refractivity contribution in [1.29, 1.82) is 0 Å². The monoisotopic (exact) mass is 570 g/mol. The maximum absolute atomic E-state index is 15.0.